The molecule has 4 aromatic carbocycles. The lowest BCUT2D eigenvalue weighted by molar-refractivity contribution is -0.0233. The summed E-state index contributed by atoms with van der Waals surface area (Å²) in [6.45, 7) is 4.33. The van der Waals surface area contributed by atoms with Crippen molar-refractivity contribution in [2.75, 3.05) is 19.8 Å². The van der Waals surface area contributed by atoms with Gasteiger partial charge in [0.15, 0.2) is 23.0 Å². The molecule has 0 aromatic heterocycles. The maximum absolute atomic E-state index is 11.4. The number of aromatic hydroxyl groups is 5. The highest BCUT2D eigenvalue weighted by Gasteiger charge is 2.56. The first-order valence-electron chi connectivity index (χ1n) is 20.5. The third-order valence-electron chi connectivity index (χ3n) is 13.1. The number of fused-ring (bicyclic) bond motifs is 1. The molecule has 7 rings (SSSR count). The van der Waals surface area contributed by atoms with E-state index in [2.05, 4.69) is 35.4 Å². The third kappa shape index (κ3) is 7.76. The lowest BCUT2D eigenvalue weighted by atomic mass is 9.52. The first kappa shape index (κ1) is 39.4. The lowest BCUT2D eigenvalue weighted by Gasteiger charge is -2.53. The number of aryl methyl sites for hydroxylation is 2. The second-order valence-electron chi connectivity index (χ2n) is 16.3. The van der Waals surface area contributed by atoms with Crippen molar-refractivity contribution >= 4 is 34.9 Å². The van der Waals surface area contributed by atoms with Crippen LogP contribution in [-0.4, -0.2) is 62.4 Å². The minimum atomic E-state index is -0.359. The van der Waals surface area contributed by atoms with Gasteiger partial charge < -0.3 is 36.0 Å². The first-order chi connectivity index (χ1) is 27.2. The Hall–Kier alpha value is -4.86. The Kier molecular flexibility index (Phi) is 12.0. The summed E-state index contributed by atoms with van der Waals surface area (Å²) in [7, 11) is 0. The molecule has 56 heavy (non-hydrogen) atoms. The number of rotatable bonds is 15. The fourth-order valence-electron chi connectivity index (χ4n) is 10.2. The van der Waals surface area contributed by atoms with Crippen LogP contribution in [0.3, 0.4) is 0 Å². The van der Waals surface area contributed by atoms with Crippen LogP contribution < -0.4 is 5.32 Å². The number of aliphatic hydroxyl groups is 1. The van der Waals surface area contributed by atoms with Crippen LogP contribution >= 0.6 is 0 Å². The minimum Gasteiger partial charge on any atom is -0.507 e. The number of nitrogens with one attached hydrogen (secondary N) is 1. The number of phenolic OH excluding ortho intramolecular Hbond substituents is 5. The van der Waals surface area contributed by atoms with Gasteiger partial charge in [0.05, 0.1) is 11.1 Å². The number of hydrogen-bond acceptors (Lipinski definition) is 9. The molecule has 2 aliphatic carbocycles. The summed E-state index contributed by atoms with van der Waals surface area (Å²) in [6, 6.07) is 16.2. The Morgan fingerprint density at radius 3 is 2.36 bits per heavy atom. The molecule has 0 amide bonds. The van der Waals surface area contributed by atoms with Crippen molar-refractivity contribution in [1.82, 2.24) is 5.32 Å². The van der Waals surface area contributed by atoms with E-state index in [0.29, 0.717) is 48.1 Å². The number of nitrogens with zero attached hydrogens (tertiary/aromatic N) is 2. The predicted octanol–water partition coefficient (Wildman–Crippen LogP) is 8.97. The van der Waals surface area contributed by atoms with E-state index in [9.17, 15) is 30.6 Å². The average Bonchev–Trinajstić information content (AvgIpc) is 3.91. The molecule has 0 radical (unpaired) electrons. The molecule has 1 heterocycles. The Morgan fingerprint density at radius 2 is 1.61 bits per heavy atom. The summed E-state index contributed by atoms with van der Waals surface area (Å²) in [5.41, 5.74) is 6.52. The van der Waals surface area contributed by atoms with Crippen LogP contribution in [0.15, 0.2) is 64.6 Å². The number of aliphatic imine (C=N–C) groups is 2. The Morgan fingerprint density at radius 1 is 0.786 bits per heavy atom. The summed E-state index contributed by atoms with van der Waals surface area (Å²) in [5.74, 6) is -1.06. The molecule has 0 bridgehead atoms. The minimum absolute atomic E-state index is 0.136. The molecule has 2 unspecified atom stereocenters. The zero-order chi connectivity index (χ0) is 39.3. The highest BCUT2D eigenvalue weighted by molar-refractivity contribution is 6.34. The fourth-order valence-corrected chi connectivity index (χ4v) is 10.2. The van der Waals surface area contributed by atoms with Crippen LogP contribution in [0.5, 0.6) is 28.7 Å². The number of benzene rings is 4. The predicted molar refractivity (Wildman–Crippen MR) is 225 cm³/mol. The van der Waals surface area contributed by atoms with Gasteiger partial charge >= 0.3 is 0 Å². The zero-order valence-corrected chi connectivity index (χ0v) is 32.6. The van der Waals surface area contributed by atoms with E-state index >= 15 is 0 Å². The summed E-state index contributed by atoms with van der Waals surface area (Å²) in [5, 5.41) is 68.7. The van der Waals surface area contributed by atoms with Crippen LogP contribution in [0.4, 0.5) is 0 Å². The average molecular weight is 760 g/mol. The molecule has 1 aliphatic heterocycles. The summed E-state index contributed by atoms with van der Waals surface area (Å²) < 4.78 is 0. The third-order valence-corrected chi connectivity index (χ3v) is 13.1. The van der Waals surface area contributed by atoms with Crippen molar-refractivity contribution in [2.45, 2.75) is 96.9 Å². The van der Waals surface area contributed by atoms with E-state index in [0.717, 1.165) is 56.3 Å². The van der Waals surface area contributed by atoms with Gasteiger partial charge in [-0.1, -0.05) is 87.6 Å². The van der Waals surface area contributed by atoms with Crippen LogP contribution in [0, 0.1) is 16.7 Å². The zero-order valence-electron chi connectivity index (χ0n) is 32.6. The van der Waals surface area contributed by atoms with Gasteiger partial charge in [0, 0.05) is 42.8 Å². The molecule has 0 saturated heterocycles. The van der Waals surface area contributed by atoms with E-state index < -0.39 is 0 Å². The molecular weight excluding hydrogens is 703 g/mol. The topological polar surface area (TPSA) is 158 Å². The quantitative estimate of drug-likeness (QED) is 0.0362. The van der Waals surface area contributed by atoms with Gasteiger partial charge in [-0.05, 0) is 108 Å². The molecule has 2 atom stereocenters. The first-order valence-corrected chi connectivity index (χ1v) is 20.5. The number of hydrogen-bond donors (Lipinski definition) is 7. The largest absolute Gasteiger partial charge is 0.507 e. The lowest BCUT2D eigenvalue weighted by Crippen LogP contribution is -2.56. The number of aliphatic hydroxyl groups excluding tert-OH is 1. The molecule has 9 heteroatoms. The van der Waals surface area contributed by atoms with Crippen molar-refractivity contribution in [3.8, 4) is 28.7 Å². The van der Waals surface area contributed by atoms with Crippen molar-refractivity contribution in [1.29, 1.82) is 0 Å². The van der Waals surface area contributed by atoms with Gasteiger partial charge in [-0.3, -0.25) is 9.98 Å². The summed E-state index contributed by atoms with van der Waals surface area (Å²) >= 11 is 0. The molecule has 9 nitrogen and oxygen atoms in total. The molecule has 4 aromatic rings. The van der Waals surface area contributed by atoms with Gasteiger partial charge in [-0.25, -0.2) is 0 Å². The van der Waals surface area contributed by atoms with Crippen LogP contribution in [0.25, 0.3) is 22.9 Å². The van der Waals surface area contributed by atoms with Gasteiger partial charge in [-0.15, -0.1) is 0 Å². The second kappa shape index (κ2) is 17.1. The Balaban J connectivity index is 1.15. The highest BCUT2D eigenvalue weighted by Crippen LogP contribution is 2.59. The summed E-state index contributed by atoms with van der Waals surface area (Å²) in [6.07, 6.45) is 19.1. The highest BCUT2D eigenvalue weighted by atomic mass is 16.3. The van der Waals surface area contributed by atoms with Crippen molar-refractivity contribution < 1.29 is 30.6 Å². The molecule has 2 saturated carbocycles. The van der Waals surface area contributed by atoms with Crippen molar-refractivity contribution in [3.63, 3.8) is 0 Å². The standard InChI is InChI=1S/C47H57N3O6/c1-2-3-4-9-33-24-31(12-16-34(33)26-48-29-47(42-27-49-30-50-42)23-8-22-46(41(47)28-51)20-5-6-21-46)14-18-37-35(17-13-32-15-19-38(52)40(54)25-32)36-10-7-11-39(53)43(36)45(56)44(37)55/h7,10-13,15-17,19,24-25,27,41,48,51-56H,2-6,8-9,14,18,20-23,26,28-30H2,1H3. The SMILES string of the molecule is CCCCCc1cc(CCc2c(O)c(O)c3c(O)cccc3c2C=Cc2ccc(O)c(O)c2)ccc1CNCC1(C2=NCN=C2)CCCC2(CCCC2)C1CO. The van der Waals surface area contributed by atoms with E-state index in [1.165, 1.54) is 61.4 Å². The smallest absolute Gasteiger partial charge is 0.169 e. The number of phenols is 5. The van der Waals surface area contributed by atoms with Crippen LogP contribution in [0.1, 0.15) is 105 Å². The van der Waals surface area contributed by atoms with Crippen molar-refractivity contribution in [2.24, 2.45) is 26.7 Å². The monoisotopic (exact) mass is 759 g/mol. The van der Waals surface area contributed by atoms with E-state index in [-0.39, 0.29) is 57.5 Å². The van der Waals surface area contributed by atoms with Gasteiger partial charge in [0.2, 0.25) is 0 Å². The molecular formula is C47H57N3O6. The molecule has 3 aliphatic rings. The van der Waals surface area contributed by atoms with E-state index in [4.69, 9.17) is 4.99 Å². The van der Waals surface area contributed by atoms with E-state index in [1.54, 1.807) is 24.3 Å². The molecule has 296 valence electrons. The maximum atomic E-state index is 11.4. The molecule has 1 spiro atoms. The van der Waals surface area contributed by atoms with Crippen LogP contribution in [0.2, 0.25) is 0 Å². The van der Waals surface area contributed by atoms with E-state index in [1.807, 2.05) is 12.3 Å². The van der Waals surface area contributed by atoms with Crippen LogP contribution in [-0.2, 0) is 25.8 Å². The summed E-state index contributed by atoms with van der Waals surface area (Å²) in [4.78, 5) is 9.39. The van der Waals surface area contributed by atoms with Gasteiger partial charge in [0.25, 0.3) is 0 Å². The molecule has 2 fully saturated rings. The Bertz CT molecular complexity index is 2130. The van der Waals surface area contributed by atoms with Gasteiger partial charge in [-0.2, -0.15) is 0 Å². The Labute approximate surface area is 330 Å². The second-order valence-corrected chi connectivity index (χ2v) is 16.3. The molecule has 7 N–H and O–H groups in total. The van der Waals surface area contributed by atoms with Crippen molar-refractivity contribution in [3.05, 3.63) is 88.0 Å². The number of unbranched alkanes of at least 4 members (excludes halogenated alkanes) is 2. The maximum Gasteiger partial charge on any atom is 0.169 e. The van der Waals surface area contributed by atoms with Gasteiger partial charge in [0.1, 0.15) is 12.4 Å². The fraction of sp³-hybridized carbons (Fsp3) is 0.447. The normalized spacial score (nSPS) is 20.5.